The van der Waals surface area contributed by atoms with Crippen LogP contribution in [0.5, 0.6) is 0 Å². The minimum Gasteiger partial charge on any atom is -0.378 e. The number of amides is 1. The third kappa shape index (κ3) is 2.07. The van der Waals surface area contributed by atoms with Gasteiger partial charge in [0.05, 0.1) is 30.4 Å². The Morgan fingerprint density at radius 1 is 1.26 bits per heavy atom. The first-order chi connectivity index (χ1) is 9.29. The second-order valence-electron chi connectivity index (χ2n) is 4.45. The van der Waals surface area contributed by atoms with Crippen LogP contribution in [0.2, 0.25) is 0 Å². The summed E-state index contributed by atoms with van der Waals surface area (Å²) < 4.78 is 6.87. The van der Waals surface area contributed by atoms with Gasteiger partial charge in [-0.05, 0) is 24.3 Å². The zero-order chi connectivity index (χ0) is 13.2. The van der Waals surface area contributed by atoms with Gasteiger partial charge in [-0.15, -0.1) is 0 Å². The molecule has 2 aromatic rings. The average Bonchev–Trinajstić information content (AvgIpc) is 2.90. The average molecular weight is 255 g/mol. The third-order valence-corrected chi connectivity index (χ3v) is 3.31. The van der Waals surface area contributed by atoms with E-state index in [2.05, 4.69) is 6.07 Å². The van der Waals surface area contributed by atoms with Crippen molar-refractivity contribution in [1.29, 1.82) is 5.26 Å². The topological polar surface area (TPSA) is 58.3 Å². The van der Waals surface area contributed by atoms with E-state index in [1.54, 1.807) is 27.8 Å². The molecule has 1 amide bonds. The van der Waals surface area contributed by atoms with E-state index >= 15 is 0 Å². The zero-order valence-electron chi connectivity index (χ0n) is 10.4. The maximum atomic E-state index is 12.4. The van der Waals surface area contributed by atoms with Crippen LogP contribution in [0.4, 0.5) is 4.79 Å². The van der Waals surface area contributed by atoms with Crippen molar-refractivity contribution in [2.45, 2.75) is 0 Å². The molecular formula is C14H13N3O2. The Balaban J connectivity index is 1.96. The quantitative estimate of drug-likeness (QED) is 0.721. The van der Waals surface area contributed by atoms with Crippen LogP contribution >= 0.6 is 0 Å². The van der Waals surface area contributed by atoms with E-state index in [0.717, 1.165) is 10.9 Å². The maximum absolute atomic E-state index is 12.4. The Morgan fingerprint density at radius 3 is 2.79 bits per heavy atom. The van der Waals surface area contributed by atoms with Crippen molar-refractivity contribution >= 4 is 16.9 Å². The van der Waals surface area contributed by atoms with Gasteiger partial charge in [-0.25, -0.2) is 4.79 Å². The van der Waals surface area contributed by atoms with Gasteiger partial charge in [-0.3, -0.25) is 4.57 Å². The molecule has 1 saturated heterocycles. The Bertz CT molecular complexity index is 663. The first kappa shape index (κ1) is 11.8. The number of hydrogen-bond donors (Lipinski definition) is 0. The normalized spacial score (nSPS) is 15.4. The predicted molar refractivity (Wildman–Crippen MR) is 69.8 cm³/mol. The number of aromatic nitrogens is 1. The summed E-state index contributed by atoms with van der Waals surface area (Å²) in [6, 6.07) is 9.25. The van der Waals surface area contributed by atoms with Crippen LogP contribution in [0, 0.1) is 11.3 Å². The van der Waals surface area contributed by atoms with E-state index in [9.17, 15) is 4.79 Å². The van der Waals surface area contributed by atoms with Crippen LogP contribution < -0.4 is 0 Å². The summed E-state index contributed by atoms with van der Waals surface area (Å²) in [5.74, 6) is 0. The molecule has 0 bridgehead atoms. The van der Waals surface area contributed by atoms with Gasteiger partial charge < -0.3 is 9.64 Å². The van der Waals surface area contributed by atoms with Gasteiger partial charge in [0.15, 0.2) is 0 Å². The number of benzene rings is 1. The molecule has 19 heavy (non-hydrogen) atoms. The van der Waals surface area contributed by atoms with Gasteiger partial charge in [-0.1, -0.05) is 0 Å². The van der Waals surface area contributed by atoms with Crippen molar-refractivity contribution in [1.82, 2.24) is 9.47 Å². The van der Waals surface area contributed by atoms with Gasteiger partial charge in [0.25, 0.3) is 0 Å². The molecule has 5 heteroatoms. The van der Waals surface area contributed by atoms with Crippen LogP contribution in [0.25, 0.3) is 10.9 Å². The summed E-state index contributed by atoms with van der Waals surface area (Å²) in [4.78, 5) is 14.2. The molecule has 2 heterocycles. The second kappa shape index (κ2) is 4.75. The Morgan fingerprint density at radius 2 is 2.05 bits per heavy atom. The third-order valence-electron chi connectivity index (χ3n) is 3.31. The molecule has 1 aliphatic rings. The van der Waals surface area contributed by atoms with E-state index in [0.29, 0.717) is 31.9 Å². The predicted octanol–water partition coefficient (Wildman–Crippen LogP) is 1.81. The number of carbonyl (C=O) groups is 1. The Kier molecular flexibility index (Phi) is 2.94. The highest BCUT2D eigenvalue weighted by atomic mass is 16.5. The summed E-state index contributed by atoms with van der Waals surface area (Å²) in [6.07, 6.45) is 1.75. The van der Waals surface area contributed by atoms with Gasteiger partial charge in [0.1, 0.15) is 0 Å². The van der Waals surface area contributed by atoms with Crippen LogP contribution in [0.15, 0.2) is 30.5 Å². The lowest BCUT2D eigenvalue weighted by molar-refractivity contribution is 0.0538. The molecular weight excluding hydrogens is 242 g/mol. The van der Waals surface area contributed by atoms with E-state index in [-0.39, 0.29) is 6.03 Å². The molecule has 0 saturated carbocycles. The molecule has 1 aliphatic heterocycles. The number of morpholine rings is 1. The van der Waals surface area contributed by atoms with Crippen molar-refractivity contribution in [3.05, 3.63) is 36.0 Å². The summed E-state index contributed by atoms with van der Waals surface area (Å²) in [6.45, 7) is 2.41. The minimum absolute atomic E-state index is 0.0389. The largest absolute Gasteiger partial charge is 0.378 e. The van der Waals surface area contributed by atoms with E-state index < -0.39 is 0 Å². The Hall–Kier alpha value is -2.32. The number of ether oxygens (including phenoxy) is 1. The summed E-state index contributed by atoms with van der Waals surface area (Å²) in [5, 5.41) is 9.77. The van der Waals surface area contributed by atoms with Crippen LogP contribution in [-0.4, -0.2) is 41.8 Å². The number of rotatable bonds is 0. The van der Waals surface area contributed by atoms with Crippen molar-refractivity contribution < 1.29 is 9.53 Å². The Labute approximate surface area is 110 Å². The molecule has 1 aromatic heterocycles. The highest BCUT2D eigenvalue weighted by Crippen LogP contribution is 2.18. The first-order valence-corrected chi connectivity index (χ1v) is 6.18. The van der Waals surface area contributed by atoms with E-state index in [1.807, 2.05) is 12.1 Å². The number of nitriles is 1. The van der Waals surface area contributed by atoms with Crippen LogP contribution in [0.3, 0.4) is 0 Å². The standard InChI is InChI=1S/C14H13N3O2/c15-10-11-1-2-13-12(9-11)3-4-17(13)14(18)16-5-7-19-8-6-16/h1-4,9H,5-8H2. The van der Waals surface area contributed by atoms with E-state index in [4.69, 9.17) is 10.00 Å². The van der Waals surface area contributed by atoms with Crippen LogP contribution in [-0.2, 0) is 4.74 Å². The molecule has 3 rings (SSSR count). The van der Waals surface area contributed by atoms with Crippen LogP contribution in [0.1, 0.15) is 5.56 Å². The number of fused-ring (bicyclic) bond motifs is 1. The molecule has 0 radical (unpaired) electrons. The van der Waals surface area contributed by atoms with Gasteiger partial charge in [-0.2, -0.15) is 5.26 Å². The monoisotopic (exact) mass is 255 g/mol. The molecule has 0 aliphatic carbocycles. The fourth-order valence-corrected chi connectivity index (χ4v) is 2.29. The molecule has 1 aromatic carbocycles. The SMILES string of the molecule is N#Cc1ccc2c(ccn2C(=O)N2CCOCC2)c1. The fraction of sp³-hybridized carbons (Fsp3) is 0.286. The highest BCUT2D eigenvalue weighted by molar-refractivity contribution is 5.92. The van der Waals surface area contributed by atoms with Crippen molar-refractivity contribution in [2.24, 2.45) is 0 Å². The first-order valence-electron chi connectivity index (χ1n) is 6.18. The van der Waals surface area contributed by atoms with Crippen molar-refractivity contribution in [2.75, 3.05) is 26.3 Å². The highest BCUT2D eigenvalue weighted by Gasteiger charge is 2.19. The van der Waals surface area contributed by atoms with E-state index in [1.165, 1.54) is 0 Å². The molecule has 1 fully saturated rings. The lowest BCUT2D eigenvalue weighted by atomic mass is 10.2. The van der Waals surface area contributed by atoms with Crippen molar-refractivity contribution in [3.8, 4) is 6.07 Å². The van der Waals surface area contributed by atoms with Gasteiger partial charge in [0.2, 0.25) is 0 Å². The van der Waals surface area contributed by atoms with Crippen molar-refractivity contribution in [3.63, 3.8) is 0 Å². The number of hydrogen-bond acceptors (Lipinski definition) is 3. The molecule has 0 unspecified atom stereocenters. The smallest absolute Gasteiger partial charge is 0.328 e. The van der Waals surface area contributed by atoms with Gasteiger partial charge in [0, 0.05) is 24.7 Å². The minimum atomic E-state index is -0.0389. The summed E-state index contributed by atoms with van der Waals surface area (Å²) in [5.41, 5.74) is 1.43. The maximum Gasteiger partial charge on any atom is 0.328 e. The molecule has 5 nitrogen and oxygen atoms in total. The number of carbonyl (C=O) groups excluding carboxylic acids is 1. The lowest BCUT2D eigenvalue weighted by Gasteiger charge is -2.27. The van der Waals surface area contributed by atoms with Gasteiger partial charge >= 0.3 is 6.03 Å². The summed E-state index contributed by atoms with van der Waals surface area (Å²) in [7, 11) is 0. The fourth-order valence-electron chi connectivity index (χ4n) is 2.29. The molecule has 0 atom stereocenters. The molecule has 0 spiro atoms. The lowest BCUT2D eigenvalue weighted by Crippen LogP contribution is -2.42. The molecule has 96 valence electrons. The zero-order valence-corrected chi connectivity index (χ0v) is 10.4. The second-order valence-corrected chi connectivity index (χ2v) is 4.45. The summed E-state index contributed by atoms with van der Waals surface area (Å²) >= 11 is 0. The molecule has 0 N–H and O–H groups in total. The number of nitrogens with zero attached hydrogens (tertiary/aromatic N) is 3.